The Bertz CT molecular complexity index is 3940. The van der Waals surface area contributed by atoms with Gasteiger partial charge in [0.15, 0.2) is 0 Å². The molecule has 0 radical (unpaired) electrons. The SMILES string of the molecule is O=C1CCC(N2C(=O)c3cccc(NCCCCCC(=O)N4CCC5(CCC(c6ccc(Cl)cc6)=C(CN6CCN(c7ccc(C(=O)NS(=O)(=O)c8ccc(N[C@H](CCN9CCOCC9)CSc9ccccc9)c(S(=O)(=O)C(F)(F)F)c8)cc7)CC6)C5)CC4)c3C2=O)C(=O)N1. The van der Waals surface area contributed by atoms with E-state index in [1.165, 1.54) is 35.0 Å². The van der Waals surface area contributed by atoms with E-state index in [4.69, 9.17) is 16.3 Å². The van der Waals surface area contributed by atoms with Gasteiger partial charge in [-0.1, -0.05) is 60.0 Å². The van der Waals surface area contributed by atoms with Crippen LogP contribution in [0.4, 0.5) is 30.2 Å². The van der Waals surface area contributed by atoms with Gasteiger partial charge >= 0.3 is 5.51 Å². The molecule has 2 atom stereocenters. The van der Waals surface area contributed by atoms with Crippen molar-refractivity contribution in [2.24, 2.45) is 5.41 Å². The number of alkyl halides is 3. The van der Waals surface area contributed by atoms with Crippen molar-refractivity contribution in [2.45, 2.75) is 109 Å². The highest BCUT2D eigenvalue weighted by Crippen LogP contribution is 2.49. The number of amides is 6. The maximum Gasteiger partial charge on any atom is 0.501 e. The molecule has 1 aliphatic carbocycles. The third-order valence-electron chi connectivity index (χ3n) is 19.0. The van der Waals surface area contributed by atoms with Crippen LogP contribution in [0.1, 0.15) is 114 Å². The van der Waals surface area contributed by atoms with Gasteiger partial charge in [-0.2, -0.15) is 13.2 Å². The molecule has 506 valence electrons. The molecule has 95 heavy (non-hydrogen) atoms. The molecule has 5 heterocycles. The number of rotatable bonds is 24. The standard InChI is InChI=1S/C68H77ClF3N9O11S3/c69-49-17-13-46(14-18-49)54-25-27-67(28-32-80(33-29-67)61(83)12-5-2-6-30-73-57-11-7-10-55-62(57)66(87)81(65(55)86)58-23-24-60(82)75-64(58)85)43-48(54)44-78-34-36-79(37-35-78)51-19-15-47(16-20-51)63(84)76-95(90,91)53-21-22-56(59(42-53)94(88,89)68(70,71)72)74-50(26-31-77-38-40-92-41-39-77)45-93-52-8-3-1-4-9-52/h1,3-4,7-11,13-22,42,50,58,73-74H,2,5-6,12,23-41,43-45H2,(H,76,84)(H,75,82,85)/t50-,58?/m1/s1. The lowest BCUT2D eigenvalue weighted by molar-refractivity contribution is -0.136. The molecule has 5 aromatic carbocycles. The van der Waals surface area contributed by atoms with Crippen LogP contribution in [-0.4, -0.2) is 180 Å². The summed E-state index contributed by atoms with van der Waals surface area (Å²) in [6.45, 7) is 8.30. The van der Waals surface area contributed by atoms with E-state index < -0.39 is 82.5 Å². The molecule has 5 aromatic rings. The second-order valence-corrected chi connectivity index (χ2v) is 30.2. The topological polar surface area (TPSA) is 244 Å². The highest BCUT2D eigenvalue weighted by molar-refractivity contribution is 7.99. The van der Waals surface area contributed by atoms with Gasteiger partial charge in [0.25, 0.3) is 37.6 Å². The lowest BCUT2D eigenvalue weighted by atomic mass is 9.65. The van der Waals surface area contributed by atoms with E-state index in [-0.39, 0.29) is 40.9 Å². The molecule has 4 N–H and O–H groups in total. The van der Waals surface area contributed by atoms with Crippen LogP contribution in [0, 0.1) is 5.41 Å². The molecule has 6 aliphatic rings. The Morgan fingerprint density at radius 3 is 2.19 bits per heavy atom. The number of hydrogen-bond acceptors (Lipinski definition) is 17. The summed E-state index contributed by atoms with van der Waals surface area (Å²) in [5.74, 6) is -2.82. The minimum absolute atomic E-state index is 0.0367. The number of thioether (sulfide) groups is 1. The van der Waals surface area contributed by atoms with Crippen molar-refractivity contribution < 1.29 is 63.5 Å². The van der Waals surface area contributed by atoms with E-state index in [2.05, 4.69) is 42.8 Å². The van der Waals surface area contributed by atoms with Gasteiger partial charge in [0, 0.05) is 123 Å². The summed E-state index contributed by atoms with van der Waals surface area (Å²) in [6, 6.07) is 29.4. The number of anilines is 3. The summed E-state index contributed by atoms with van der Waals surface area (Å²) in [5, 5.41) is 9.16. The number of halogens is 4. The minimum Gasteiger partial charge on any atom is -0.384 e. The zero-order valence-corrected chi connectivity index (χ0v) is 55.7. The van der Waals surface area contributed by atoms with Gasteiger partial charge in [-0.25, -0.2) is 21.6 Å². The van der Waals surface area contributed by atoms with E-state index in [1.807, 2.05) is 52.1 Å². The molecule has 4 saturated heterocycles. The Balaban J connectivity index is 0.663. The maximum absolute atomic E-state index is 14.4. The first-order valence-electron chi connectivity index (χ1n) is 32.2. The van der Waals surface area contributed by atoms with Crippen LogP contribution in [0.25, 0.3) is 5.57 Å². The molecular weight excluding hydrogens is 1310 g/mol. The van der Waals surface area contributed by atoms with E-state index in [0.717, 1.165) is 97.8 Å². The fourth-order valence-electron chi connectivity index (χ4n) is 13.6. The monoisotopic (exact) mass is 1380 g/mol. The highest BCUT2D eigenvalue weighted by atomic mass is 35.5. The fraction of sp³-hybridized carbons (Fsp3) is 0.441. The van der Waals surface area contributed by atoms with Crippen molar-refractivity contribution in [2.75, 3.05) is 106 Å². The van der Waals surface area contributed by atoms with Crippen LogP contribution < -0.4 is 25.6 Å². The second-order valence-electron chi connectivity index (χ2n) is 25.1. The smallest absolute Gasteiger partial charge is 0.384 e. The zero-order chi connectivity index (χ0) is 67.1. The second kappa shape index (κ2) is 30.0. The fourth-order valence-corrected chi connectivity index (χ4v) is 16.7. The number of sulfonamides is 1. The molecule has 1 unspecified atom stereocenters. The zero-order valence-electron chi connectivity index (χ0n) is 52.5. The minimum atomic E-state index is -6.10. The van der Waals surface area contributed by atoms with Crippen LogP contribution in [0.3, 0.4) is 0 Å². The predicted octanol–water partition coefficient (Wildman–Crippen LogP) is 9.49. The lowest BCUT2D eigenvalue weighted by Crippen LogP contribution is -2.54. The van der Waals surface area contributed by atoms with Crippen molar-refractivity contribution >= 4 is 101 Å². The maximum atomic E-state index is 14.4. The van der Waals surface area contributed by atoms with Crippen LogP contribution in [0.15, 0.2) is 136 Å². The Kier molecular flexibility index (Phi) is 21.8. The van der Waals surface area contributed by atoms with Crippen LogP contribution in [-0.2, 0) is 39.0 Å². The van der Waals surface area contributed by atoms with Crippen molar-refractivity contribution in [3.63, 3.8) is 0 Å². The normalized spacial score (nSPS) is 19.4. The molecule has 0 saturated carbocycles. The van der Waals surface area contributed by atoms with Crippen molar-refractivity contribution in [3.05, 3.63) is 148 Å². The Morgan fingerprint density at radius 2 is 1.48 bits per heavy atom. The number of nitrogens with one attached hydrogen (secondary N) is 4. The Labute approximate surface area is 560 Å². The Hall–Kier alpha value is -7.33. The van der Waals surface area contributed by atoms with Crippen LogP contribution >= 0.6 is 23.4 Å². The van der Waals surface area contributed by atoms with Gasteiger partial charge in [-0.3, -0.25) is 48.8 Å². The third kappa shape index (κ3) is 16.4. The molecule has 1 spiro atoms. The molecule has 0 bridgehead atoms. The number of ether oxygens (including phenoxy) is 1. The lowest BCUT2D eigenvalue weighted by Gasteiger charge is -2.46. The number of unbranched alkanes of at least 4 members (excludes halogenated alkanes) is 2. The molecule has 20 nitrogen and oxygen atoms in total. The number of imide groups is 2. The summed E-state index contributed by atoms with van der Waals surface area (Å²) < 4.78 is 104. The number of fused-ring (bicyclic) bond motifs is 1. The van der Waals surface area contributed by atoms with Gasteiger partial charge in [0.1, 0.15) is 10.9 Å². The van der Waals surface area contributed by atoms with Gasteiger partial charge in [-0.05, 0) is 153 Å². The highest BCUT2D eigenvalue weighted by Gasteiger charge is 2.49. The summed E-state index contributed by atoms with van der Waals surface area (Å²) >= 11 is 7.79. The average Bonchev–Trinajstić information content (AvgIpc) is 1.66. The molecule has 6 amide bonds. The first-order chi connectivity index (χ1) is 45.5. The van der Waals surface area contributed by atoms with E-state index in [9.17, 15) is 58.8 Å². The number of carbonyl (C=O) groups is 6. The summed E-state index contributed by atoms with van der Waals surface area (Å²) in [4.78, 5) is 86.8. The summed E-state index contributed by atoms with van der Waals surface area (Å²) in [5.41, 5.74) is -0.659. The van der Waals surface area contributed by atoms with E-state index in [0.29, 0.717) is 107 Å². The number of allylic oxidation sites excluding steroid dienone is 1. The number of nitrogens with zero attached hydrogens (tertiary/aromatic N) is 5. The van der Waals surface area contributed by atoms with Gasteiger partial charge in [0.2, 0.25) is 17.7 Å². The quantitative estimate of drug-likeness (QED) is 0.0255. The average molecular weight is 1390 g/mol. The molecular formula is C68H77ClF3N9O11S3. The molecule has 27 heteroatoms. The number of sulfone groups is 1. The van der Waals surface area contributed by atoms with Crippen molar-refractivity contribution in [1.82, 2.24) is 29.6 Å². The Morgan fingerprint density at radius 1 is 0.758 bits per heavy atom. The number of piperazine rings is 1. The van der Waals surface area contributed by atoms with Gasteiger partial charge < -0.3 is 25.2 Å². The molecule has 0 aromatic heterocycles. The first kappa shape index (κ1) is 69.0. The number of benzene rings is 5. The summed E-state index contributed by atoms with van der Waals surface area (Å²) in [6.07, 6.45) is 7.71. The van der Waals surface area contributed by atoms with Crippen molar-refractivity contribution in [3.8, 4) is 0 Å². The molecule has 4 fully saturated rings. The molecule has 11 rings (SSSR count). The van der Waals surface area contributed by atoms with Crippen LogP contribution in [0.5, 0.6) is 0 Å². The molecule has 5 aliphatic heterocycles. The van der Waals surface area contributed by atoms with Gasteiger partial charge in [0.05, 0.1) is 34.9 Å². The summed E-state index contributed by atoms with van der Waals surface area (Å²) in [7, 11) is -11.0. The largest absolute Gasteiger partial charge is 0.501 e. The first-order valence-corrected chi connectivity index (χ1v) is 36.6. The number of likely N-dealkylation sites (tertiary alicyclic amines) is 1. The van der Waals surface area contributed by atoms with Crippen LogP contribution in [0.2, 0.25) is 5.02 Å². The number of hydrogen-bond donors (Lipinski definition) is 4. The van der Waals surface area contributed by atoms with E-state index in [1.54, 1.807) is 30.3 Å². The number of carbonyl (C=O) groups excluding carboxylic acids is 6. The number of piperidine rings is 2. The van der Waals surface area contributed by atoms with E-state index >= 15 is 0 Å². The van der Waals surface area contributed by atoms with Gasteiger partial charge in [-0.15, -0.1) is 11.8 Å². The number of morpholine rings is 1. The third-order valence-corrected chi connectivity index (χ3v) is 23.2. The van der Waals surface area contributed by atoms with Crippen molar-refractivity contribution in [1.29, 1.82) is 0 Å². The predicted molar refractivity (Wildman–Crippen MR) is 356 cm³/mol.